The minimum absolute atomic E-state index is 0.101. The zero-order valence-electron chi connectivity index (χ0n) is 15.3. The number of non-ortho nitro benzene ring substituents is 1. The number of anilines is 2. The summed E-state index contributed by atoms with van der Waals surface area (Å²) in [6.45, 7) is 4.53. The summed E-state index contributed by atoms with van der Waals surface area (Å²) in [5, 5.41) is 14.0. The molecule has 1 amide bonds. The number of nitrogens with zero attached hydrogens (tertiary/aromatic N) is 2. The topological polar surface area (TPSA) is 84.7 Å². The number of nitro benzene ring substituents is 1. The van der Waals surface area contributed by atoms with E-state index >= 15 is 0 Å². The summed E-state index contributed by atoms with van der Waals surface area (Å²) in [6, 6.07) is 12.1. The molecule has 2 aromatic rings. The maximum absolute atomic E-state index is 12.9. The molecule has 27 heavy (non-hydrogen) atoms. The molecule has 0 bridgehead atoms. The number of hydrogen-bond donors (Lipinski definition) is 1. The van der Waals surface area contributed by atoms with E-state index in [-0.39, 0.29) is 11.6 Å². The number of aryl methyl sites for hydroxylation is 1. The van der Waals surface area contributed by atoms with Crippen LogP contribution in [0.4, 0.5) is 17.1 Å². The molecule has 1 heterocycles. The van der Waals surface area contributed by atoms with Crippen LogP contribution in [0.3, 0.4) is 0 Å². The van der Waals surface area contributed by atoms with Gasteiger partial charge in [-0.3, -0.25) is 14.9 Å². The van der Waals surface area contributed by atoms with E-state index in [1.165, 1.54) is 17.7 Å². The van der Waals surface area contributed by atoms with Gasteiger partial charge in [0.2, 0.25) is 0 Å². The van der Waals surface area contributed by atoms with Gasteiger partial charge in [0.1, 0.15) is 0 Å². The first-order valence-corrected chi connectivity index (χ1v) is 9.10. The molecule has 0 aromatic heterocycles. The van der Waals surface area contributed by atoms with Gasteiger partial charge >= 0.3 is 0 Å². The average molecular weight is 369 g/mol. The second-order valence-corrected chi connectivity index (χ2v) is 6.46. The highest BCUT2D eigenvalue weighted by Gasteiger charge is 2.22. The normalized spacial score (nSPS) is 14.0. The van der Waals surface area contributed by atoms with Gasteiger partial charge in [-0.25, -0.2) is 0 Å². The van der Waals surface area contributed by atoms with Crippen LogP contribution in [0.15, 0.2) is 42.5 Å². The maximum Gasteiger partial charge on any atom is 0.270 e. The summed E-state index contributed by atoms with van der Waals surface area (Å²) < 4.78 is 5.36. The minimum Gasteiger partial charge on any atom is -0.378 e. The first-order chi connectivity index (χ1) is 13.1. The molecule has 0 spiro atoms. The summed E-state index contributed by atoms with van der Waals surface area (Å²) in [6.07, 6.45) is 2.04. The highest BCUT2D eigenvalue weighted by atomic mass is 16.6. The number of benzene rings is 2. The highest BCUT2D eigenvalue weighted by Crippen LogP contribution is 2.27. The zero-order valence-corrected chi connectivity index (χ0v) is 15.3. The predicted molar refractivity (Wildman–Crippen MR) is 105 cm³/mol. The fraction of sp³-hybridized carbons (Fsp3) is 0.350. The monoisotopic (exact) mass is 369 g/mol. The van der Waals surface area contributed by atoms with Crippen molar-refractivity contribution in [2.75, 3.05) is 36.5 Å². The van der Waals surface area contributed by atoms with Crippen LogP contribution in [-0.2, 0) is 11.2 Å². The molecule has 1 aliphatic rings. The lowest BCUT2D eigenvalue weighted by Crippen LogP contribution is -2.37. The molecule has 1 aliphatic heterocycles. The third-order valence-corrected chi connectivity index (χ3v) is 4.54. The van der Waals surface area contributed by atoms with Crippen LogP contribution in [0.5, 0.6) is 0 Å². The van der Waals surface area contributed by atoms with E-state index in [9.17, 15) is 14.9 Å². The molecule has 1 fully saturated rings. The van der Waals surface area contributed by atoms with E-state index in [1.54, 1.807) is 6.07 Å². The Morgan fingerprint density at radius 2 is 1.89 bits per heavy atom. The van der Waals surface area contributed by atoms with Gasteiger partial charge in [0.15, 0.2) is 0 Å². The molecule has 0 atom stereocenters. The Balaban J connectivity index is 1.86. The second-order valence-electron chi connectivity index (χ2n) is 6.46. The van der Waals surface area contributed by atoms with Gasteiger partial charge in [-0.15, -0.1) is 0 Å². The first-order valence-electron chi connectivity index (χ1n) is 9.10. The largest absolute Gasteiger partial charge is 0.378 e. The van der Waals surface area contributed by atoms with Crippen molar-refractivity contribution in [3.05, 3.63) is 63.7 Å². The molecule has 1 N–H and O–H groups in total. The highest BCUT2D eigenvalue weighted by molar-refractivity contribution is 6.08. The lowest BCUT2D eigenvalue weighted by molar-refractivity contribution is -0.384. The molecule has 0 saturated carbocycles. The predicted octanol–water partition coefficient (Wildman–Crippen LogP) is 3.64. The Hall–Kier alpha value is -2.93. The third kappa shape index (κ3) is 4.62. The molecule has 2 aromatic carbocycles. The van der Waals surface area contributed by atoms with E-state index in [1.807, 2.05) is 29.2 Å². The van der Waals surface area contributed by atoms with Crippen molar-refractivity contribution in [3.8, 4) is 0 Å². The van der Waals surface area contributed by atoms with E-state index in [0.29, 0.717) is 43.2 Å². The van der Waals surface area contributed by atoms with E-state index in [0.717, 1.165) is 12.8 Å². The Labute approximate surface area is 158 Å². The van der Waals surface area contributed by atoms with Gasteiger partial charge in [0, 0.05) is 30.9 Å². The van der Waals surface area contributed by atoms with Gasteiger partial charge in [-0.2, -0.15) is 0 Å². The van der Waals surface area contributed by atoms with E-state index in [2.05, 4.69) is 12.2 Å². The Morgan fingerprint density at radius 1 is 1.19 bits per heavy atom. The number of carbonyl (C=O) groups is 1. The molecule has 142 valence electrons. The van der Waals surface area contributed by atoms with Crippen molar-refractivity contribution in [1.29, 1.82) is 0 Å². The summed E-state index contributed by atoms with van der Waals surface area (Å²) in [5.41, 5.74) is 2.75. The molecule has 3 rings (SSSR count). The molecule has 0 radical (unpaired) electrons. The number of rotatable bonds is 6. The van der Waals surface area contributed by atoms with Crippen LogP contribution < -0.4 is 10.2 Å². The van der Waals surface area contributed by atoms with Gasteiger partial charge < -0.3 is 15.0 Å². The quantitative estimate of drug-likeness (QED) is 0.621. The average Bonchev–Trinajstić information content (AvgIpc) is 2.70. The van der Waals surface area contributed by atoms with Gasteiger partial charge in [0.05, 0.1) is 29.4 Å². The lowest BCUT2D eigenvalue weighted by atomic mass is 10.1. The first kappa shape index (κ1) is 18.8. The lowest BCUT2D eigenvalue weighted by Gasteiger charge is -2.30. The number of amides is 1. The third-order valence-electron chi connectivity index (χ3n) is 4.54. The zero-order chi connectivity index (χ0) is 19.2. The number of ether oxygens (including phenoxy) is 1. The van der Waals surface area contributed by atoms with Crippen molar-refractivity contribution < 1.29 is 14.5 Å². The van der Waals surface area contributed by atoms with Gasteiger partial charge in [-0.05, 0) is 30.2 Å². The number of hydrogen-bond acceptors (Lipinski definition) is 5. The van der Waals surface area contributed by atoms with E-state index in [4.69, 9.17) is 4.74 Å². The van der Waals surface area contributed by atoms with Crippen molar-refractivity contribution in [3.63, 3.8) is 0 Å². The molecule has 7 nitrogen and oxygen atoms in total. The number of carbonyl (C=O) groups excluding carboxylic acids is 1. The molecule has 1 saturated heterocycles. The smallest absolute Gasteiger partial charge is 0.270 e. The second kappa shape index (κ2) is 8.64. The van der Waals surface area contributed by atoms with Crippen LogP contribution in [0.1, 0.15) is 29.3 Å². The standard InChI is InChI=1S/C20H23N3O4/c1-2-3-15-4-6-16(7-5-15)21-20(24)18-14-17(23(25)26)8-9-19(18)22-10-12-27-13-11-22/h4-9,14H,2-3,10-13H2,1H3,(H,21,24). The Bertz CT molecular complexity index is 814. The summed E-state index contributed by atoms with van der Waals surface area (Å²) in [5.74, 6) is -0.358. The number of nitro groups is 1. The van der Waals surface area contributed by atoms with Crippen molar-refractivity contribution in [2.45, 2.75) is 19.8 Å². The van der Waals surface area contributed by atoms with Gasteiger partial charge in [-0.1, -0.05) is 25.5 Å². The fourth-order valence-electron chi connectivity index (χ4n) is 3.14. The number of morpholine rings is 1. The minimum atomic E-state index is -0.487. The van der Waals surface area contributed by atoms with Crippen LogP contribution in [-0.4, -0.2) is 37.1 Å². The summed E-state index contributed by atoms with van der Waals surface area (Å²) in [4.78, 5) is 25.6. The molecular formula is C20H23N3O4. The molecular weight excluding hydrogens is 346 g/mol. The Kier molecular flexibility index (Phi) is 6.03. The Morgan fingerprint density at radius 3 is 2.52 bits per heavy atom. The summed E-state index contributed by atoms with van der Waals surface area (Å²) in [7, 11) is 0. The SMILES string of the molecule is CCCc1ccc(NC(=O)c2cc([N+](=O)[O-])ccc2N2CCOCC2)cc1. The maximum atomic E-state index is 12.9. The van der Waals surface area contributed by atoms with Gasteiger partial charge in [0.25, 0.3) is 11.6 Å². The fourth-order valence-corrected chi connectivity index (χ4v) is 3.14. The molecule has 0 aliphatic carbocycles. The summed E-state index contributed by atoms with van der Waals surface area (Å²) >= 11 is 0. The molecule has 0 unspecified atom stereocenters. The molecule has 7 heteroatoms. The van der Waals surface area contributed by atoms with Crippen molar-refractivity contribution >= 4 is 23.0 Å². The van der Waals surface area contributed by atoms with Crippen molar-refractivity contribution in [2.24, 2.45) is 0 Å². The van der Waals surface area contributed by atoms with E-state index < -0.39 is 4.92 Å². The number of nitrogens with one attached hydrogen (secondary N) is 1. The van der Waals surface area contributed by atoms with Crippen LogP contribution >= 0.6 is 0 Å². The van der Waals surface area contributed by atoms with Crippen molar-refractivity contribution in [1.82, 2.24) is 0 Å². The van der Waals surface area contributed by atoms with Crippen LogP contribution in [0, 0.1) is 10.1 Å². The van der Waals surface area contributed by atoms with Crippen LogP contribution in [0.2, 0.25) is 0 Å². The van der Waals surface area contributed by atoms with Crippen LogP contribution in [0.25, 0.3) is 0 Å².